The van der Waals surface area contributed by atoms with Crippen LogP contribution in [0.3, 0.4) is 0 Å². The first-order chi connectivity index (χ1) is 10.5. The van der Waals surface area contributed by atoms with Crippen molar-refractivity contribution in [3.8, 4) is 0 Å². The van der Waals surface area contributed by atoms with E-state index in [0.717, 1.165) is 19.3 Å². The third-order valence-electron chi connectivity index (χ3n) is 4.85. The number of nitro groups is 1. The Morgan fingerprint density at radius 3 is 2.65 bits per heavy atom. The summed E-state index contributed by atoms with van der Waals surface area (Å²) >= 11 is 0. The molecule has 130 valence electrons. The van der Waals surface area contributed by atoms with E-state index in [0.29, 0.717) is 11.8 Å². The standard InChI is InChI=1S/C18H29NO4/c1-12(2)6-13-7-14-9-18(11-19(21)22,15(14)8-13)10-16(20)23-17(3,4)5/h8,12,14-15H,6-7,9-11H2,1-5H3/t14-,15-,18-/m0/s1. The summed E-state index contributed by atoms with van der Waals surface area (Å²) in [5.41, 5.74) is 0.309. The molecule has 0 amide bonds. The van der Waals surface area contributed by atoms with E-state index in [2.05, 4.69) is 19.9 Å². The Labute approximate surface area is 138 Å². The Hall–Kier alpha value is -1.39. The van der Waals surface area contributed by atoms with Crippen LogP contribution < -0.4 is 0 Å². The minimum Gasteiger partial charge on any atom is -0.460 e. The van der Waals surface area contributed by atoms with Crippen molar-refractivity contribution < 1.29 is 14.5 Å². The fourth-order valence-corrected chi connectivity index (χ4v) is 4.31. The third kappa shape index (κ3) is 4.33. The van der Waals surface area contributed by atoms with Gasteiger partial charge in [0.2, 0.25) is 6.54 Å². The molecule has 0 aromatic rings. The number of allylic oxidation sites excluding steroid dienone is 2. The van der Waals surface area contributed by atoms with Gasteiger partial charge in [-0.15, -0.1) is 0 Å². The average molecular weight is 323 g/mol. The zero-order valence-electron chi connectivity index (χ0n) is 14.9. The van der Waals surface area contributed by atoms with Gasteiger partial charge >= 0.3 is 5.97 Å². The molecule has 0 aromatic heterocycles. The van der Waals surface area contributed by atoms with E-state index in [9.17, 15) is 14.9 Å². The summed E-state index contributed by atoms with van der Waals surface area (Å²) in [5.74, 6) is 0.915. The van der Waals surface area contributed by atoms with Crippen LogP contribution in [0, 0.1) is 33.3 Å². The van der Waals surface area contributed by atoms with E-state index in [1.54, 1.807) is 0 Å². The molecular formula is C18H29NO4. The molecule has 0 radical (unpaired) electrons. The Kier molecular flexibility index (Phi) is 4.88. The number of nitrogens with zero attached hydrogens (tertiary/aromatic N) is 1. The summed E-state index contributed by atoms with van der Waals surface area (Å²) < 4.78 is 5.41. The number of ether oxygens (including phenoxy) is 1. The molecule has 2 aliphatic rings. The van der Waals surface area contributed by atoms with Crippen LogP contribution in [-0.4, -0.2) is 23.0 Å². The van der Waals surface area contributed by atoms with Gasteiger partial charge in [0.25, 0.3) is 0 Å². The van der Waals surface area contributed by atoms with Crippen LogP contribution in [0.4, 0.5) is 0 Å². The van der Waals surface area contributed by atoms with Gasteiger partial charge < -0.3 is 4.74 Å². The largest absolute Gasteiger partial charge is 0.460 e. The van der Waals surface area contributed by atoms with Crippen LogP contribution in [0.25, 0.3) is 0 Å². The first-order valence-corrected chi connectivity index (χ1v) is 8.54. The summed E-state index contributed by atoms with van der Waals surface area (Å²) in [5, 5.41) is 11.2. The summed E-state index contributed by atoms with van der Waals surface area (Å²) in [4.78, 5) is 23.1. The highest BCUT2D eigenvalue weighted by Crippen LogP contribution is 2.60. The second-order valence-corrected chi connectivity index (χ2v) is 8.73. The molecule has 0 aliphatic heterocycles. The van der Waals surface area contributed by atoms with E-state index >= 15 is 0 Å². The monoisotopic (exact) mass is 323 g/mol. The number of esters is 1. The van der Waals surface area contributed by atoms with Crippen molar-refractivity contribution in [2.45, 2.75) is 65.9 Å². The van der Waals surface area contributed by atoms with Crippen LogP contribution in [0.2, 0.25) is 0 Å². The molecule has 5 nitrogen and oxygen atoms in total. The predicted molar refractivity (Wildman–Crippen MR) is 88.5 cm³/mol. The highest BCUT2D eigenvalue weighted by Gasteiger charge is 2.59. The fraction of sp³-hybridized carbons (Fsp3) is 0.833. The predicted octanol–water partition coefficient (Wildman–Crippen LogP) is 3.99. The normalized spacial score (nSPS) is 29.7. The topological polar surface area (TPSA) is 69.4 Å². The van der Waals surface area contributed by atoms with Gasteiger partial charge in [0.05, 0.1) is 11.8 Å². The quantitative estimate of drug-likeness (QED) is 0.321. The van der Waals surface area contributed by atoms with Crippen LogP contribution in [0.15, 0.2) is 11.6 Å². The summed E-state index contributed by atoms with van der Waals surface area (Å²) in [6, 6.07) is 0. The zero-order chi connectivity index (χ0) is 17.4. The maximum Gasteiger partial charge on any atom is 0.307 e. The molecule has 5 heteroatoms. The molecule has 0 heterocycles. The van der Waals surface area contributed by atoms with Crippen LogP contribution in [0.5, 0.6) is 0 Å². The summed E-state index contributed by atoms with van der Waals surface area (Å²) in [7, 11) is 0. The lowest BCUT2D eigenvalue weighted by atomic mass is 9.53. The van der Waals surface area contributed by atoms with Crippen LogP contribution in [-0.2, 0) is 9.53 Å². The molecule has 0 saturated heterocycles. The van der Waals surface area contributed by atoms with Gasteiger partial charge in [0.15, 0.2) is 0 Å². The highest BCUT2D eigenvalue weighted by atomic mass is 16.6. The Morgan fingerprint density at radius 1 is 1.48 bits per heavy atom. The van der Waals surface area contributed by atoms with Crippen molar-refractivity contribution in [2.24, 2.45) is 23.2 Å². The molecule has 3 atom stereocenters. The molecule has 0 unspecified atom stereocenters. The maximum absolute atomic E-state index is 12.2. The van der Waals surface area contributed by atoms with Gasteiger partial charge in [-0.3, -0.25) is 14.9 Å². The fourth-order valence-electron chi connectivity index (χ4n) is 4.31. The minimum atomic E-state index is -0.551. The van der Waals surface area contributed by atoms with Gasteiger partial charge in [-0.05, 0) is 57.8 Å². The van der Waals surface area contributed by atoms with E-state index in [1.807, 2.05) is 20.8 Å². The van der Waals surface area contributed by atoms with Gasteiger partial charge in [0.1, 0.15) is 5.60 Å². The lowest BCUT2D eigenvalue weighted by Crippen LogP contribution is -2.51. The Morgan fingerprint density at radius 2 is 2.13 bits per heavy atom. The van der Waals surface area contributed by atoms with Crippen LogP contribution in [0.1, 0.15) is 60.3 Å². The van der Waals surface area contributed by atoms with Crippen molar-refractivity contribution in [1.82, 2.24) is 0 Å². The Balaban J connectivity index is 2.11. The molecule has 23 heavy (non-hydrogen) atoms. The van der Waals surface area contributed by atoms with Crippen molar-refractivity contribution >= 4 is 5.97 Å². The lowest BCUT2D eigenvalue weighted by molar-refractivity contribution is -0.506. The van der Waals surface area contributed by atoms with E-state index in [-0.39, 0.29) is 29.8 Å². The summed E-state index contributed by atoms with van der Waals surface area (Å²) in [6.45, 7) is 9.71. The molecule has 1 fully saturated rings. The minimum absolute atomic E-state index is 0.140. The number of carbonyl (C=O) groups is 1. The zero-order valence-corrected chi connectivity index (χ0v) is 14.9. The van der Waals surface area contributed by atoms with Gasteiger partial charge in [0, 0.05) is 4.92 Å². The first-order valence-electron chi connectivity index (χ1n) is 8.54. The van der Waals surface area contributed by atoms with Crippen molar-refractivity contribution in [2.75, 3.05) is 6.54 Å². The molecular weight excluding hydrogens is 294 g/mol. The summed E-state index contributed by atoms with van der Waals surface area (Å²) in [6.07, 6.45) is 5.22. The maximum atomic E-state index is 12.2. The average Bonchev–Trinajstić information content (AvgIpc) is 2.62. The first kappa shape index (κ1) is 18.0. The van der Waals surface area contributed by atoms with Gasteiger partial charge in [-0.25, -0.2) is 0 Å². The van der Waals surface area contributed by atoms with Crippen molar-refractivity contribution in [1.29, 1.82) is 0 Å². The molecule has 0 N–H and O–H groups in total. The molecule has 2 aliphatic carbocycles. The van der Waals surface area contributed by atoms with Crippen molar-refractivity contribution in [3.05, 3.63) is 21.8 Å². The molecule has 0 aromatic carbocycles. The highest BCUT2D eigenvalue weighted by molar-refractivity contribution is 5.71. The smallest absolute Gasteiger partial charge is 0.307 e. The number of hydrogen-bond donors (Lipinski definition) is 0. The molecule has 2 rings (SSSR count). The van der Waals surface area contributed by atoms with E-state index < -0.39 is 11.0 Å². The second kappa shape index (κ2) is 6.25. The molecule has 0 spiro atoms. The van der Waals surface area contributed by atoms with Crippen molar-refractivity contribution in [3.63, 3.8) is 0 Å². The Bertz CT molecular complexity index is 518. The second-order valence-electron chi connectivity index (χ2n) is 8.73. The number of carbonyl (C=O) groups excluding carboxylic acids is 1. The van der Waals surface area contributed by atoms with Crippen LogP contribution >= 0.6 is 0 Å². The van der Waals surface area contributed by atoms with E-state index in [4.69, 9.17) is 4.74 Å². The van der Waals surface area contributed by atoms with Gasteiger partial charge in [-0.1, -0.05) is 25.5 Å². The number of rotatable bonds is 6. The SMILES string of the molecule is CC(C)CC1=C[C@H]2[C@@H](C1)C[C@]2(CC(=O)OC(C)(C)C)C[N+](=O)[O-]. The third-order valence-corrected chi connectivity index (χ3v) is 4.85. The molecule has 1 saturated carbocycles. The van der Waals surface area contributed by atoms with E-state index in [1.165, 1.54) is 5.57 Å². The molecule has 0 bridgehead atoms. The number of fused-ring (bicyclic) bond motifs is 1. The number of hydrogen-bond acceptors (Lipinski definition) is 4. The lowest BCUT2D eigenvalue weighted by Gasteiger charge is -2.49. The van der Waals surface area contributed by atoms with Gasteiger partial charge in [-0.2, -0.15) is 0 Å².